The predicted octanol–water partition coefficient (Wildman–Crippen LogP) is 3.21. The van der Waals surface area contributed by atoms with Gasteiger partial charge in [-0.25, -0.2) is 5.43 Å². The number of hydrogen-bond acceptors (Lipinski definition) is 5. The van der Waals surface area contributed by atoms with E-state index in [1.807, 2.05) is 0 Å². The molecule has 126 valence electrons. The lowest BCUT2D eigenvalue weighted by Crippen LogP contribution is -2.34. The van der Waals surface area contributed by atoms with Gasteiger partial charge in [0.05, 0.1) is 18.1 Å². The summed E-state index contributed by atoms with van der Waals surface area (Å²) in [5.74, 6) is -0.537. The van der Waals surface area contributed by atoms with Crippen LogP contribution < -0.4 is 10.2 Å². The number of carbonyl (C=O) groups is 2. The maximum atomic E-state index is 11.9. The molecular formula is C15H18Cl2N2O4. The van der Waals surface area contributed by atoms with E-state index in [2.05, 4.69) is 10.5 Å². The SMILES string of the molecule is CCOC(=O)C/C(C)=N/NC(=O)C(C)Oc1ccc(Cl)cc1Cl. The average Bonchev–Trinajstić information content (AvgIpc) is 2.47. The van der Waals surface area contributed by atoms with Crippen molar-refractivity contribution in [3.8, 4) is 5.75 Å². The average molecular weight is 361 g/mol. The molecule has 1 N–H and O–H groups in total. The maximum absolute atomic E-state index is 11.9. The van der Waals surface area contributed by atoms with Crippen LogP contribution in [0.5, 0.6) is 5.75 Å². The molecule has 1 aromatic rings. The normalized spacial score (nSPS) is 12.5. The van der Waals surface area contributed by atoms with Crippen molar-refractivity contribution in [1.82, 2.24) is 5.43 Å². The van der Waals surface area contributed by atoms with Crippen molar-refractivity contribution in [1.29, 1.82) is 0 Å². The molecule has 1 rings (SSSR count). The van der Waals surface area contributed by atoms with Crippen LogP contribution in [0, 0.1) is 0 Å². The topological polar surface area (TPSA) is 77.0 Å². The second kappa shape index (κ2) is 9.37. The van der Waals surface area contributed by atoms with Gasteiger partial charge in [-0.1, -0.05) is 23.2 Å². The number of rotatable bonds is 7. The van der Waals surface area contributed by atoms with Crippen LogP contribution >= 0.6 is 23.2 Å². The number of halogens is 2. The Morgan fingerprint density at radius 1 is 1.35 bits per heavy atom. The molecule has 0 aliphatic heterocycles. The molecule has 0 aliphatic rings. The summed E-state index contributed by atoms with van der Waals surface area (Å²) in [6, 6.07) is 4.70. The Morgan fingerprint density at radius 3 is 2.65 bits per heavy atom. The minimum atomic E-state index is -0.826. The smallest absolute Gasteiger partial charge is 0.311 e. The zero-order chi connectivity index (χ0) is 17.4. The number of ether oxygens (including phenoxy) is 2. The summed E-state index contributed by atoms with van der Waals surface area (Å²) >= 11 is 11.8. The molecule has 0 aliphatic carbocycles. The largest absolute Gasteiger partial charge is 0.479 e. The summed E-state index contributed by atoms with van der Waals surface area (Å²) in [6.45, 7) is 5.17. The lowest BCUT2D eigenvalue weighted by Gasteiger charge is -2.14. The summed E-state index contributed by atoms with van der Waals surface area (Å²) in [5.41, 5.74) is 2.75. The van der Waals surface area contributed by atoms with Crippen molar-refractivity contribution in [2.75, 3.05) is 6.61 Å². The summed E-state index contributed by atoms with van der Waals surface area (Å²) in [5, 5.41) is 4.60. The lowest BCUT2D eigenvalue weighted by molar-refractivity contribution is -0.141. The minimum absolute atomic E-state index is 0.00632. The van der Waals surface area contributed by atoms with Gasteiger partial charge in [0.25, 0.3) is 5.91 Å². The molecular weight excluding hydrogens is 343 g/mol. The second-order valence-electron chi connectivity index (χ2n) is 4.64. The maximum Gasteiger partial charge on any atom is 0.311 e. The van der Waals surface area contributed by atoms with Gasteiger partial charge in [-0.2, -0.15) is 5.10 Å². The first kappa shape index (κ1) is 19.3. The van der Waals surface area contributed by atoms with Crippen molar-refractivity contribution in [3.05, 3.63) is 28.2 Å². The third-order valence-corrected chi connectivity index (χ3v) is 3.16. The van der Waals surface area contributed by atoms with E-state index in [0.717, 1.165) is 0 Å². The van der Waals surface area contributed by atoms with Crippen molar-refractivity contribution in [2.45, 2.75) is 33.3 Å². The van der Waals surface area contributed by atoms with Gasteiger partial charge in [-0.05, 0) is 39.0 Å². The van der Waals surface area contributed by atoms with E-state index in [1.165, 1.54) is 6.07 Å². The summed E-state index contributed by atoms with van der Waals surface area (Å²) < 4.78 is 10.2. The molecule has 0 radical (unpaired) electrons. The fraction of sp³-hybridized carbons (Fsp3) is 0.400. The van der Waals surface area contributed by atoms with Gasteiger partial charge in [0, 0.05) is 10.7 Å². The van der Waals surface area contributed by atoms with Crippen LogP contribution in [0.15, 0.2) is 23.3 Å². The first-order valence-corrected chi connectivity index (χ1v) is 7.69. The Bertz CT molecular complexity index is 605. The van der Waals surface area contributed by atoms with Gasteiger partial charge in [0.1, 0.15) is 5.75 Å². The van der Waals surface area contributed by atoms with Crippen LogP contribution in [0.1, 0.15) is 27.2 Å². The Hall–Kier alpha value is -1.79. The Morgan fingerprint density at radius 2 is 2.04 bits per heavy atom. The highest BCUT2D eigenvalue weighted by Gasteiger charge is 2.16. The zero-order valence-corrected chi connectivity index (χ0v) is 14.6. The number of amides is 1. The molecule has 1 unspecified atom stereocenters. The monoisotopic (exact) mass is 360 g/mol. The highest BCUT2D eigenvalue weighted by molar-refractivity contribution is 6.35. The number of carbonyl (C=O) groups excluding carboxylic acids is 2. The first-order valence-electron chi connectivity index (χ1n) is 6.93. The van der Waals surface area contributed by atoms with Gasteiger partial charge >= 0.3 is 5.97 Å². The van der Waals surface area contributed by atoms with Crippen LogP contribution in [0.2, 0.25) is 10.0 Å². The number of hydrazone groups is 1. The van der Waals surface area contributed by atoms with E-state index in [-0.39, 0.29) is 6.42 Å². The molecule has 1 atom stereocenters. The van der Waals surface area contributed by atoms with E-state index in [9.17, 15) is 9.59 Å². The number of hydrogen-bond donors (Lipinski definition) is 1. The number of nitrogens with one attached hydrogen (secondary N) is 1. The Kier molecular flexibility index (Phi) is 7.85. The standard InChI is InChI=1S/C15H18Cl2N2O4/c1-4-22-14(20)7-9(2)18-19-15(21)10(3)23-13-6-5-11(16)8-12(13)17/h5-6,8,10H,4,7H2,1-3H3,(H,19,21)/b18-9+. The minimum Gasteiger partial charge on any atom is -0.479 e. The van der Waals surface area contributed by atoms with Gasteiger partial charge in [0.15, 0.2) is 6.10 Å². The molecule has 0 heterocycles. The van der Waals surface area contributed by atoms with Crippen LogP contribution in [0.3, 0.4) is 0 Å². The molecule has 0 fully saturated rings. The van der Waals surface area contributed by atoms with Crippen molar-refractivity contribution < 1.29 is 19.1 Å². The number of esters is 1. The molecule has 8 heteroatoms. The Balaban J connectivity index is 2.55. The lowest BCUT2D eigenvalue weighted by atomic mass is 10.3. The zero-order valence-electron chi connectivity index (χ0n) is 13.1. The van der Waals surface area contributed by atoms with Crippen molar-refractivity contribution >= 4 is 40.8 Å². The third kappa shape index (κ3) is 6.88. The van der Waals surface area contributed by atoms with Gasteiger partial charge < -0.3 is 9.47 Å². The highest BCUT2D eigenvalue weighted by Crippen LogP contribution is 2.28. The highest BCUT2D eigenvalue weighted by atomic mass is 35.5. The van der Waals surface area contributed by atoms with Gasteiger partial charge in [-0.3, -0.25) is 9.59 Å². The molecule has 0 bridgehead atoms. The predicted molar refractivity (Wildman–Crippen MR) is 89.1 cm³/mol. The van der Waals surface area contributed by atoms with Crippen LogP contribution in [-0.4, -0.2) is 30.3 Å². The second-order valence-corrected chi connectivity index (χ2v) is 5.48. The summed E-state index contributed by atoms with van der Waals surface area (Å²) in [6.07, 6.45) is -0.820. The molecule has 0 spiro atoms. The summed E-state index contributed by atoms with van der Waals surface area (Å²) in [4.78, 5) is 23.2. The fourth-order valence-corrected chi connectivity index (χ4v) is 1.97. The first-order chi connectivity index (χ1) is 10.8. The molecule has 1 aromatic carbocycles. The van der Waals surface area contributed by atoms with E-state index in [4.69, 9.17) is 32.7 Å². The molecule has 0 saturated carbocycles. The van der Waals surface area contributed by atoms with E-state index < -0.39 is 18.0 Å². The molecule has 23 heavy (non-hydrogen) atoms. The van der Waals surface area contributed by atoms with Crippen LogP contribution in [0.4, 0.5) is 0 Å². The molecule has 6 nitrogen and oxygen atoms in total. The van der Waals surface area contributed by atoms with Gasteiger partial charge in [-0.15, -0.1) is 0 Å². The van der Waals surface area contributed by atoms with E-state index in [0.29, 0.717) is 28.1 Å². The van der Waals surface area contributed by atoms with Crippen molar-refractivity contribution in [2.24, 2.45) is 5.10 Å². The molecule has 0 aromatic heterocycles. The van der Waals surface area contributed by atoms with Crippen molar-refractivity contribution in [3.63, 3.8) is 0 Å². The van der Waals surface area contributed by atoms with Crippen LogP contribution in [-0.2, 0) is 14.3 Å². The van der Waals surface area contributed by atoms with E-state index >= 15 is 0 Å². The third-order valence-electron chi connectivity index (χ3n) is 2.63. The van der Waals surface area contributed by atoms with Gasteiger partial charge in [0.2, 0.25) is 0 Å². The Labute approximate surface area is 144 Å². The summed E-state index contributed by atoms with van der Waals surface area (Å²) in [7, 11) is 0. The van der Waals surface area contributed by atoms with Crippen LogP contribution in [0.25, 0.3) is 0 Å². The molecule has 0 saturated heterocycles. The quantitative estimate of drug-likeness (QED) is 0.460. The number of nitrogens with zero attached hydrogens (tertiary/aromatic N) is 1. The fourth-order valence-electron chi connectivity index (χ4n) is 1.52. The number of benzene rings is 1. The van der Waals surface area contributed by atoms with E-state index in [1.54, 1.807) is 32.9 Å². The molecule has 1 amide bonds.